The van der Waals surface area contributed by atoms with Gasteiger partial charge in [-0.1, -0.05) is 17.7 Å². The van der Waals surface area contributed by atoms with Gasteiger partial charge in [-0.3, -0.25) is 0 Å². The summed E-state index contributed by atoms with van der Waals surface area (Å²) < 4.78 is 26.5. The highest BCUT2D eigenvalue weighted by Gasteiger charge is 2.37. The van der Waals surface area contributed by atoms with Gasteiger partial charge in [0.25, 0.3) is 0 Å². The van der Waals surface area contributed by atoms with Crippen LogP contribution in [0.4, 0.5) is 8.78 Å². The summed E-state index contributed by atoms with van der Waals surface area (Å²) in [5.41, 5.74) is 0.964. The van der Waals surface area contributed by atoms with Crippen molar-refractivity contribution >= 4 is 11.6 Å². The second kappa shape index (κ2) is 4.83. The molecule has 104 valence electrons. The first-order chi connectivity index (χ1) is 9.48. The standard InChI is InChI=1S/C16H13ClF2O/c17-15-4-2-13(19)8-11(15)9-16(20)6-5-10-7-12(18)1-3-14(10)16/h1-4,7-8,20H,5-6,9H2. The van der Waals surface area contributed by atoms with Crippen LogP contribution in [0.25, 0.3) is 0 Å². The lowest BCUT2D eigenvalue weighted by atomic mass is 9.88. The first kappa shape index (κ1) is 13.5. The summed E-state index contributed by atoms with van der Waals surface area (Å²) in [6.07, 6.45) is 1.32. The van der Waals surface area contributed by atoms with E-state index in [1.807, 2.05) is 0 Å². The summed E-state index contributed by atoms with van der Waals surface area (Å²) >= 11 is 6.05. The maximum Gasteiger partial charge on any atom is 0.123 e. The van der Waals surface area contributed by atoms with E-state index in [2.05, 4.69) is 0 Å². The average molecular weight is 295 g/mol. The minimum Gasteiger partial charge on any atom is -0.385 e. The van der Waals surface area contributed by atoms with Crippen LogP contribution in [0.3, 0.4) is 0 Å². The van der Waals surface area contributed by atoms with Crippen LogP contribution < -0.4 is 0 Å². The number of rotatable bonds is 2. The fourth-order valence-corrected chi connectivity index (χ4v) is 3.06. The van der Waals surface area contributed by atoms with Crippen molar-refractivity contribution in [1.29, 1.82) is 0 Å². The molecule has 0 amide bonds. The summed E-state index contributed by atoms with van der Waals surface area (Å²) in [6, 6.07) is 8.49. The molecule has 0 bridgehead atoms. The highest BCUT2D eigenvalue weighted by molar-refractivity contribution is 6.31. The average Bonchev–Trinajstić information content (AvgIpc) is 2.71. The normalized spacial score (nSPS) is 21.0. The molecule has 1 N–H and O–H groups in total. The van der Waals surface area contributed by atoms with Crippen LogP contribution in [0.15, 0.2) is 36.4 Å². The quantitative estimate of drug-likeness (QED) is 0.888. The van der Waals surface area contributed by atoms with Gasteiger partial charge in [0, 0.05) is 11.4 Å². The monoisotopic (exact) mass is 294 g/mol. The van der Waals surface area contributed by atoms with Crippen molar-refractivity contribution in [2.75, 3.05) is 0 Å². The van der Waals surface area contributed by atoms with Gasteiger partial charge in [-0.25, -0.2) is 8.78 Å². The third-order valence-electron chi connectivity index (χ3n) is 3.87. The molecule has 0 saturated carbocycles. The zero-order valence-electron chi connectivity index (χ0n) is 10.7. The van der Waals surface area contributed by atoms with Gasteiger partial charge < -0.3 is 5.11 Å². The molecule has 0 aliphatic heterocycles. The molecule has 0 spiro atoms. The maximum atomic E-state index is 13.3. The summed E-state index contributed by atoms with van der Waals surface area (Å²) in [5, 5.41) is 11.2. The first-order valence-corrected chi connectivity index (χ1v) is 6.81. The number of hydrogen-bond acceptors (Lipinski definition) is 1. The Hall–Kier alpha value is -1.45. The number of benzene rings is 2. The second-order valence-corrected chi connectivity index (χ2v) is 5.65. The lowest BCUT2D eigenvalue weighted by Crippen LogP contribution is -2.25. The molecule has 1 nitrogen and oxygen atoms in total. The molecule has 0 radical (unpaired) electrons. The van der Waals surface area contributed by atoms with E-state index in [0.29, 0.717) is 29.0 Å². The van der Waals surface area contributed by atoms with Gasteiger partial charge in [0.2, 0.25) is 0 Å². The fraction of sp³-hybridized carbons (Fsp3) is 0.250. The Kier molecular flexibility index (Phi) is 3.27. The molecule has 4 heteroatoms. The van der Waals surface area contributed by atoms with Crippen LogP contribution in [0.2, 0.25) is 5.02 Å². The van der Waals surface area contributed by atoms with Crippen molar-refractivity contribution in [3.05, 3.63) is 69.7 Å². The molecule has 1 atom stereocenters. The van der Waals surface area contributed by atoms with Gasteiger partial charge in [-0.05, 0) is 59.9 Å². The molecule has 20 heavy (non-hydrogen) atoms. The van der Waals surface area contributed by atoms with E-state index in [9.17, 15) is 13.9 Å². The van der Waals surface area contributed by atoms with E-state index in [-0.39, 0.29) is 18.1 Å². The number of halogens is 3. The zero-order chi connectivity index (χ0) is 14.3. The summed E-state index contributed by atoms with van der Waals surface area (Å²) in [5.74, 6) is -0.692. The molecular formula is C16H13ClF2O. The van der Waals surface area contributed by atoms with Crippen LogP contribution in [0.1, 0.15) is 23.1 Å². The van der Waals surface area contributed by atoms with E-state index in [1.54, 1.807) is 6.07 Å². The Morgan fingerprint density at radius 1 is 1.10 bits per heavy atom. The Labute approximate surface area is 120 Å². The van der Waals surface area contributed by atoms with Crippen molar-refractivity contribution in [3.63, 3.8) is 0 Å². The smallest absolute Gasteiger partial charge is 0.123 e. The number of aryl methyl sites for hydroxylation is 1. The molecule has 1 aliphatic rings. The molecule has 1 aliphatic carbocycles. The number of hydrogen-bond donors (Lipinski definition) is 1. The van der Waals surface area contributed by atoms with E-state index < -0.39 is 5.60 Å². The Morgan fingerprint density at radius 3 is 2.60 bits per heavy atom. The van der Waals surface area contributed by atoms with E-state index in [4.69, 9.17) is 11.6 Å². The Morgan fingerprint density at radius 2 is 1.80 bits per heavy atom. The van der Waals surface area contributed by atoms with Crippen LogP contribution in [0, 0.1) is 11.6 Å². The van der Waals surface area contributed by atoms with Crippen LogP contribution in [-0.2, 0) is 18.4 Å². The van der Waals surface area contributed by atoms with Gasteiger partial charge in [0.05, 0.1) is 5.60 Å². The first-order valence-electron chi connectivity index (χ1n) is 6.43. The Bertz CT molecular complexity index is 672. The maximum absolute atomic E-state index is 13.3. The molecule has 2 aromatic rings. The molecule has 0 saturated heterocycles. The molecule has 2 aromatic carbocycles. The number of fused-ring (bicyclic) bond motifs is 1. The molecule has 0 fully saturated rings. The molecule has 0 aromatic heterocycles. The van der Waals surface area contributed by atoms with Crippen molar-refractivity contribution in [3.8, 4) is 0 Å². The molecule has 1 unspecified atom stereocenters. The van der Waals surface area contributed by atoms with Crippen molar-refractivity contribution in [2.45, 2.75) is 24.9 Å². The van der Waals surface area contributed by atoms with Gasteiger partial charge in [-0.2, -0.15) is 0 Å². The molecular weight excluding hydrogens is 282 g/mol. The Balaban J connectivity index is 1.98. The van der Waals surface area contributed by atoms with Gasteiger partial charge in [0.1, 0.15) is 11.6 Å². The highest BCUT2D eigenvalue weighted by Crippen LogP contribution is 2.40. The molecule has 3 rings (SSSR count). The van der Waals surface area contributed by atoms with Gasteiger partial charge in [-0.15, -0.1) is 0 Å². The van der Waals surface area contributed by atoms with Crippen LogP contribution >= 0.6 is 11.6 Å². The second-order valence-electron chi connectivity index (χ2n) is 5.25. The van der Waals surface area contributed by atoms with Crippen molar-refractivity contribution < 1.29 is 13.9 Å². The number of aliphatic hydroxyl groups is 1. The van der Waals surface area contributed by atoms with E-state index >= 15 is 0 Å². The largest absolute Gasteiger partial charge is 0.385 e. The summed E-state index contributed by atoms with van der Waals surface area (Å²) in [6.45, 7) is 0. The van der Waals surface area contributed by atoms with Crippen molar-refractivity contribution in [2.24, 2.45) is 0 Å². The predicted molar refractivity (Wildman–Crippen MR) is 73.7 cm³/mol. The predicted octanol–water partition coefficient (Wildman–Crippen LogP) is 3.99. The SMILES string of the molecule is OC1(Cc2cc(F)ccc2Cl)CCc2cc(F)ccc21. The van der Waals surface area contributed by atoms with Crippen LogP contribution in [-0.4, -0.2) is 5.11 Å². The van der Waals surface area contributed by atoms with Crippen LogP contribution in [0.5, 0.6) is 0 Å². The highest BCUT2D eigenvalue weighted by atomic mass is 35.5. The van der Waals surface area contributed by atoms with E-state index in [1.165, 1.54) is 30.3 Å². The fourth-order valence-electron chi connectivity index (χ4n) is 2.88. The topological polar surface area (TPSA) is 20.2 Å². The van der Waals surface area contributed by atoms with Crippen molar-refractivity contribution in [1.82, 2.24) is 0 Å². The third-order valence-corrected chi connectivity index (χ3v) is 4.24. The molecule has 0 heterocycles. The third kappa shape index (κ3) is 2.32. The lowest BCUT2D eigenvalue weighted by molar-refractivity contribution is 0.0389. The summed E-state index contributed by atoms with van der Waals surface area (Å²) in [4.78, 5) is 0. The lowest BCUT2D eigenvalue weighted by Gasteiger charge is -2.24. The van der Waals surface area contributed by atoms with E-state index in [0.717, 1.165) is 5.56 Å². The summed E-state index contributed by atoms with van der Waals surface area (Å²) in [7, 11) is 0. The van der Waals surface area contributed by atoms with Gasteiger partial charge in [0.15, 0.2) is 0 Å². The minimum atomic E-state index is -1.11. The minimum absolute atomic E-state index is 0.224. The van der Waals surface area contributed by atoms with Gasteiger partial charge >= 0.3 is 0 Å². The zero-order valence-corrected chi connectivity index (χ0v) is 11.4.